The Labute approximate surface area is 168 Å². The Hall–Kier alpha value is 0.274. The van der Waals surface area contributed by atoms with Crippen LogP contribution < -0.4 is 0 Å². The fourth-order valence-electron chi connectivity index (χ4n) is 3.57. The summed E-state index contributed by atoms with van der Waals surface area (Å²) in [6.45, 7) is 16.1. The molecule has 26 heavy (non-hydrogen) atoms. The summed E-state index contributed by atoms with van der Waals surface area (Å²) in [4.78, 5) is 5.27. The predicted octanol–water partition coefficient (Wildman–Crippen LogP) is 4.59. The molecule has 3 radical (unpaired) electrons. The summed E-state index contributed by atoms with van der Waals surface area (Å²) >= 11 is 0. The molecule has 4 nitrogen and oxygen atoms in total. The first kappa shape index (κ1) is 26.3. The number of hydrogen-bond donors (Lipinski definition) is 0. The van der Waals surface area contributed by atoms with Crippen LogP contribution in [0.1, 0.15) is 73.1 Å². The van der Waals surface area contributed by atoms with Crippen molar-refractivity contribution >= 4 is 18.8 Å². The molecule has 0 aromatic heterocycles. The molecular formula is C20H45N2O2Si2. The van der Waals surface area contributed by atoms with Gasteiger partial charge in [-0.05, 0) is 32.6 Å². The largest absolute Gasteiger partial charge is 0.397 e. The summed E-state index contributed by atoms with van der Waals surface area (Å²) in [5, 5.41) is 0. The van der Waals surface area contributed by atoms with Gasteiger partial charge in [-0.3, -0.25) is 9.80 Å². The number of nitrogens with zero attached hydrogens (tertiary/aromatic N) is 2. The Balaban J connectivity index is 3.94. The minimum Gasteiger partial charge on any atom is -0.397 e. The fourth-order valence-corrected chi connectivity index (χ4v) is 6.94. The third-order valence-electron chi connectivity index (χ3n) is 5.26. The standard InChI is InChI=1S/C20H45N2O2Si2/c1-8-21(9-2)20(22(10-3)11-4)25-18-16-14-12-13-15-17-19(5)26(23-6)24-7/h19-20H,8-18H2,1-7H3. The first-order chi connectivity index (χ1) is 12.6. The van der Waals surface area contributed by atoms with Crippen LogP contribution in [-0.2, 0) is 8.85 Å². The Kier molecular flexibility index (Phi) is 17.6. The molecule has 0 heterocycles. The van der Waals surface area contributed by atoms with E-state index in [1.807, 2.05) is 0 Å². The second-order valence-electron chi connectivity index (χ2n) is 6.95. The van der Waals surface area contributed by atoms with Gasteiger partial charge in [-0.1, -0.05) is 72.8 Å². The van der Waals surface area contributed by atoms with E-state index >= 15 is 0 Å². The topological polar surface area (TPSA) is 24.9 Å². The molecule has 0 spiro atoms. The van der Waals surface area contributed by atoms with Gasteiger partial charge in [0.15, 0.2) is 0 Å². The second-order valence-corrected chi connectivity index (χ2v) is 10.8. The van der Waals surface area contributed by atoms with Crippen molar-refractivity contribution in [2.75, 3.05) is 40.4 Å². The third kappa shape index (κ3) is 10.6. The molecule has 0 saturated carbocycles. The molecule has 0 rings (SSSR count). The smallest absolute Gasteiger partial charge is 0.387 e. The quantitative estimate of drug-likeness (QED) is 0.190. The monoisotopic (exact) mass is 401 g/mol. The minimum atomic E-state index is -1.05. The van der Waals surface area contributed by atoms with Crippen LogP contribution in [0.4, 0.5) is 0 Å². The highest BCUT2D eigenvalue weighted by atomic mass is 28.3. The average Bonchev–Trinajstić information content (AvgIpc) is 2.66. The van der Waals surface area contributed by atoms with Gasteiger partial charge in [-0.25, -0.2) is 0 Å². The Morgan fingerprint density at radius 3 is 1.69 bits per heavy atom. The van der Waals surface area contributed by atoms with Crippen molar-refractivity contribution in [3.8, 4) is 0 Å². The first-order valence-corrected chi connectivity index (χ1v) is 13.4. The molecule has 0 aromatic rings. The Morgan fingerprint density at radius 1 is 0.769 bits per heavy atom. The molecule has 6 heteroatoms. The molecule has 0 N–H and O–H groups in total. The van der Waals surface area contributed by atoms with Crippen LogP contribution in [0.3, 0.4) is 0 Å². The first-order valence-electron chi connectivity index (χ1n) is 10.8. The molecule has 0 fully saturated rings. The third-order valence-corrected chi connectivity index (χ3v) is 8.90. The van der Waals surface area contributed by atoms with Crippen LogP contribution in [0.2, 0.25) is 11.6 Å². The van der Waals surface area contributed by atoms with Gasteiger partial charge >= 0.3 is 9.28 Å². The summed E-state index contributed by atoms with van der Waals surface area (Å²) in [5.41, 5.74) is 0.584. The molecule has 0 aromatic carbocycles. The van der Waals surface area contributed by atoms with E-state index in [4.69, 9.17) is 8.85 Å². The average molecular weight is 402 g/mol. The second kappa shape index (κ2) is 17.4. The lowest BCUT2D eigenvalue weighted by atomic mass is 10.1. The number of unbranched alkanes of at least 4 members (excludes halogenated alkanes) is 4. The normalized spacial score (nSPS) is 13.5. The van der Waals surface area contributed by atoms with Crippen LogP contribution in [0.25, 0.3) is 0 Å². The van der Waals surface area contributed by atoms with Crippen molar-refractivity contribution in [3.05, 3.63) is 0 Å². The lowest BCUT2D eigenvalue weighted by Gasteiger charge is -2.38. The molecule has 0 aliphatic heterocycles. The lowest BCUT2D eigenvalue weighted by molar-refractivity contribution is 0.114. The lowest BCUT2D eigenvalue weighted by Crippen LogP contribution is -2.51. The summed E-state index contributed by atoms with van der Waals surface area (Å²) in [6.07, 6.45) is 8.05. The van der Waals surface area contributed by atoms with E-state index in [0.29, 0.717) is 11.3 Å². The molecule has 0 amide bonds. The Morgan fingerprint density at radius 2 is 1.23 bits per heavy atom. The summed E-state index contributed by atoms with van der Waals surface area (Å²) in [5.74, 6) is 0.657. The van der Waals surface area contributed by atoms with E-state index in [-0.39, 0.29) is 0 Å². The SMILES string of the molecule is CCN(CC)C([Si]CCCCCCCC(C)[Si](OC)OC)N(CC)CC. The van der Waals surface area contributed by atoms with Crippen molar-refractivity contribution in [3.63, 3.8) is 0 Å². The molecule has 0 bridgehead atoms. The van der Waals surface area contributed by atoms with Gasteiger partial charge in [0, 0.05) is 25.5 Å². The van der Waals surface area contributed by atoms with Crippen LogP contribution >= 0.6 is 0 Å². The molecule has 0 saturated heterocycles. The van der Waals surface area contributed by atoms with Gasteiger partial charge in [0.2, 0.25) is 0 Å². The van der Waals surface area contributed by atoms with Crippen molar-refractivity contribution in [1.82, 2.24) is 9.80 Å². The number of hydrogen-bond acceptors (Lipinski definition) is 4. The molecule has 155 valence electrons. The molecule has 1 atom stereocenters. The number of rotatable bonds is 18. The van der Waals surface area contributed by atoms with Gasteiger partial charge in [-0.15, -0.1) is 0 Å². The van der Waals surface area contributed by atoms with E-state index in [1.165, 1.54) is 44.6 Å². The van der Waals surface area contributed by atoms with Crippen LogP contribution in [0.15, 0.2) is 0 Å². The van der Waals surface area contributed by atoms with E-state index in [1.54, 1.807) is 14.2 Å². The summed E-state index contributed by atoms with van der Waals surface area (Å²) in [6, 6.07) is 1.38. The zero-order valence-corrected chi connectivity index (χ0v) is 20.6. The van der Waals surface area contributed by atoms with Crippen LogP contribution in [0, 0.1) is 0 Å². The van der Waals surface area contributed by atoms with E-state index in [2.05, 4.69) is 44.4 Å². The minimum absolute atomic E-state index is 0.584. The predicted molar refractivity (Wildman–Crippen MR) is 117 cm³/mol. The molecule has 0 aliphatic carbocycles. The van der Waals surface area contributed by atoms with Crippen LogP contribution in [-0.4, -0.2) is 74.8 Å². The highest BCUT2D eigenvalue weighted by molar-refractivity contribution is 6.46. The maximum absolute atomic E-state index is 5.44. The van der Waals surface area contributed by atoms with Crippen molar-refractivity contribution in [2.24, 2.45) is 0 Å². The summed E-state index contributed by atoms with van der Waals surface area (Å²) < 4.78 is 10.9. The fraction of sp³-hybridized carbons (Fsp3) is 1.00. The van der Waals surface area contributed by atoms with Crippen LogP contribution in [0.5, 0.6) is 0 Å². The Bertz CT molecular complexity index is 288. The highest BCUT2D eigenvalue weighted by Gasteiger charge is 2.22. The maximum atomic E-state index is 5.44. The van der Waals surface area contributed by atoms with Gasteiger partial charge < -0.3 is 8.85 Å². The highest BCUT2D eigenvalue weighted by Crippen LogP contribution is 2.20. The molecular weight excluding hydrogens is 356 g/mol. The van der Waals surface area contributed by atoms with E-state index in [0.717, 1.165) is 35.7 Å². The zero-order valence-electron chi connectivity index (χ0n) is 18.6. The van der Waals surface area contributed by atoms with Gasteiger partial charge in [-0.2, -0.15) is 0 Å². The van der Waals surface area contributed by atoms with E-state index < -0.39 is 9.28 Å². The van der Waals surface area contributed by atoms with Gasteiger partial charge in [0.05, 0.1) is 9.52 Å². The molecule has 1 unspecified atom stereocenters. The summed E-state index contributed by atoms with van der Waals surface area (Å²) in [7, 11) is 3.55. The van der Waals surface area contributed by atoms with Crippen molar-refractivity contribution < 1.29 is 8.85 Å². The van der Waals surface area contributed by atoms with Crippen molar-refractivity contribution in [1.29, 1.82) is 0 Å². The van der Waals surface area contributed by atoms with Gasteiger partial charge in [0.25, 0.3) is 0 Å². The van der Waals surface area contributed by atoms with E-state index in [9.17, 15) is 0 Å². The maximum Gasteiger partial charge on any atom is 0.387 e. The van der Waals surface area contributed by atoms with Gasteiger partial charge in [0.1, 0.15) is 0 Å². The van der Waals surface area contributed by atoms with Crippen molar-refractivity contribution in [2.45, 2.75) is 90.5 Å². The zero-order chi connectivity index (χ0) is 19.8. The molecule has 0 aliphatic rings.